The number of nitriles is 1. The summed E-state index contributed by atoms with van der Waals surface area (Å²) in [5.41, 5.74) is -0.250. The van der Waals surface area contributed by atoms with Crippen LogP contribution < -0.4 is 5.32 Å². The number of halogens is 2. The standard InChI is InChI=1S/C16H19F2N3OS/c17-13-7-12(9-19)8-14(18)15(13)20-10-16(1-6-23-11-16)21-2-4-22-5-3-21/h7-8,20H,1-6,10-11H2/t16-/m0/s1. The lowest BCUT2D eigenvalue weighted by Gasteiger charge is -2.43. The maximum atomic E-state index is 14.0. The van der Waals surface area contributed by atoms with E-state index in [9.17, 15) is 8.78 Å². The summed E-state index contributed by atoms with van der Waals surface area (Å²) in [6.45, 7) is 3.58. The highest BCUT2D eigenvalue weighted by Crippen LogP contribution is 2.35. The van der Waals surface area contributed by atoms with Crippen LogP contribution in [0.3, 0.4) is 0 Å². The van der Waals surface area contributed by atoms with E-state index in [0.29, 0.717) is 19.8 Å². The van der Waals surface area contributed by atoms with E-state index < -0.39 is 11.6 Å². The number of nitrogens with zero attached hydrogens (tertiary/aromatic N) is 2. The van der Waals surface area contributed by atoms with Crippen LogP contribution in [0.2, 0.25) is 0 Å². The molecular weight excluding hydrogens is 320 g/mol. The number of anilines is 1. The van der Waals surface area contributed by atoms with Crippen molar-refractivity contribution in [3.05, 3.63) is 29.3 Å². The van der Waals surface area contributed by atoms with E-state index in [1.165, 1.54) is 0 Å². The lowest BCUT2D eigenvalue weighted by atomic mass is 9.95. The average molecular weight is 339 g/mol. The molecule has 0 spiro atoms. The van der Waals surface area contributed by atoms with Crippen molar-refractivity contribution in [3.8, 4) is 6.07 Å². The van der Waals surface area contributed by atoms with Gasteiger partial charge in [-0.05, 0) is 24.3 Å². The number of morpholine rings is 1. The molecule has 2 heterocycles. The summed E-state index contributed by atoms with van der Waals surface area (Å²) >= 11 is 1.87. The molecule has 124 valence electrons. The third kappa shape index (κ3) is 3.44. The SMILES string of the molecule is N#Cc1cc(F)c(NC[C@@]2(N3CCOCC3)CCSC2)c(F)c1. The predicted octanol–water partition coefficient (Wildman–Crippen LogP) is 2.46. The van der Waals surface area contributed by atoms with Gasteiger partial charge < -0.3 is 10.1 Å². The van der Waals surface area contributed by atoms with Crippen LogP contribution in [0.5, 0.6) is 0 Å². The molecule has 2 fully saturated rings. The molecule has 2 saturated heterocycles. The van der Waals surface area contributed by atoms with Crippen LogP contribution in [0.4, 0.5) is 14.5 Å². The van der Waals surface area contributed by atoms with Crippen molar-refractivity contribution < 1.29 is 13.5 Å². The first-order chi connectivity index (χ1) is 11.1. The van der Waals surface area contributed by atoms with Gasteiger partial charge in [-0.15, -0.1) is 0 Å². The van der Waals surface area contributed by atoms with E-state index in [-0.39, 0.29) is 16.8 Å². The van der Waals surface area contributed by atoms with Gasteiger partial charge >= 0.3 is 0 Å². The molecule has 1 aromatic rings. The minimum Gasteiger partial charge on any atom is -0.379 e. The Labute approximate surface area is 138 Å². The van der Waals surface area contributed by atoms with Gasteiger partial charge in [0.2, 0.25) is 0 Å². The van der Waals surface area contributed by atoms with Gasteiger partial charge in [-0.2, -0.15) is 17.0 Å². The smallest absolute Gasteiger partial charge is 0.150 e. The predicted molar refractivity (Wildman–Crippen MR) is 86.6 cm³/mol. The first-order valence-electron chi connectivity index (χ1n) is 7.68. The molecule has 0 amide bonds. The second-order valence-corrected chi connectivity index (χ2v) is 7.01. The second-order valence-electron chi connectivity index (χ2n) is 5.91. The zero-order valence-corrected chi connectivity index (χ0v) is 13.6. The minimum absolute atomic E-state index is 0.00938. The van der Waals surface area contributed by atoms with Gasteiger partial charge in [0.1, 0.15) is 5.69 Å². The van der Waals surface area contributed by atoms with Crippen LogP contribution in [0, 0.1) is 23.0 Å². The maximum absolute atomic E-state index is 14.0. The zero-order valence-electron chi connectivity index (χ0n) is 12.8. The van der Waals surface area contributed by atoms with Crippen molar-refractivity contribution >= 4 is 17.4 Å². The Hall–Kier alpha value is -1.36. The van der Waals surface area contributed by atoms with E-state index >= 15 is 0 Å². The highest BCUT2D eigenvalue weighted by molar-refractivity contribution is 7.99. The van der Waals surface area contributed by atoms with Gasteiger partial charge in [0.15, 0.2) is 11.6 Å². The highest BCUT2D eigenvalue weighted by Gasteiger charge is 2.40. The van der Waals surface area contributed by atoms with Crippen LogP contribution in [0.1, 0.15) is 12.0 Å². The number of hydrogen-bond acceptors (Lipinski definition) is 5. The lowest BCUT2D eigenvalue weighted by Crippen LogP contribution is -2.57. The van der Waals surface area contributed by atoms with Gasteiger partial charge in [-0.1, -0.05) is 0 Å². The van der Waals surface area contributed by atoms with E-state index in [1.807, 2.05) is 11.8 Å². The Morgan fingerprint density at radius 2 is 2.00 bits per heavy atom. The number of rotatable bonds is 4. The quantitative estimate of drug-likeness (QED) is 0.913. The van der Waals surface area contributed by atoms with E-state index in [1.54, 1.807) is 6.07 Å². The molecule has 0 aromatic heterocycles. The number of thioether (sulfide) groups is 1. The highest BCUT2D eigenvalue weighted by atomic mass is 32.2. The van der Waals surface area contributed by atoms with Crippen molar-refractivity contribution in [1.29, 1.82) is 5.26 Å². The Balaban J connectivity index is 1.76. The van der Waals surface area contributed by atoms with Crippen LogP contribution in [-0.4, -0.2) is 54.8 Å². The Kier molecular flexibility index (Phi) is 5.05. The van der Waals surface area contributed by atoms with Crippen molar-refractivity contribution in [2.45, 2.75) is 12.0 Å². The molecule has 1 atom stereocenters. The van der Waals surface area contributed by atoms with E-state index in [4.69, 9.17) is 10.00 Å². The third-order valence-corrected chi connectivity index (χ3v) is 5.76. The monoisotopic (exact) mass is 339 g/mol. The molecule has 23 heavy (non-hydrogen) atoms. The number of benzene rings is 1. The van der Waals surface area contributed by atoms with Crippen LogP contribution >= 0.6 is 11.8 Å². The molecule has 0 saturated carbocycles. The van der Waals surface area contributed by atoms with Gasteiger partial charge in [-0.25, -0.2) is 8.78 Å². The third-order valence-electron chi connectivity index (χ3n) is 4.53. The van der Waals surface area contributed by atoms with Crippen LogP contribution in [0.15, 0.2) is 12.1 Å². The Bertz CT molecular complexity index is 585. The fourth-order valence-corrected chi connectivity index (χ4v) is 4.67. The lowest BCUT2D eigenvalue weighted by molar-refractivity contribution is -0.00924. The van der Waals surface area contributed by atoms with Crippen molar-refractivity contribution in [2.75, 3.05) is 49.7 Å². The second kappa shape index (κ2) is 7.04. The molecule has 0 radical (unpaired) electrons. The summed E-state index contributed by atoms with van der Waals surface area (Å²) in [6, 6.07) is 3.89. The summed E-state index contributed by atoms with van der Waals surface area (Å²) in [5, 5.41) is 11.7. The molecule has 2 aliphatic rings. The number of ether oxygens (including phenoxy) is 1. The molecule has 2 aliphatic heterocycles. The molecule has 4 nitrogen and oxygen atoms in total. The van der Waals surface area contributed by atoms with Crippen LogP contribution in [0.25, 0.3) is 0 Å². The molecule has 0 unspecified atom stereocenters. The normalized spacial score (nSPS) is 25.3. The minimum atomic E-state index is -0.718. The van der Waals surface area contributed by atoms with Crippen molar-refractivity contribution in [1.82, 2.24) is 4.90 Å². The van der Waals surface area contributed by atoms with Gasteiger partial charge in [0.05, 0.1) is 24.8 Å². The number of hydrogen-bond donors (Lipinski definition) is 1. The molecule has 7 heteroatoms. The maximum Gasteiger partial charge on any atom is 0.150 e. The van der Waals surface area contributed by atoms with E-state index in [2.05, 4.69) is 10.2 Å². The Morgan fingerprint density at radius 3 is 2.57 bits per heavy atom. The van der Waals surface area contributed by atoms with Crippen molar-refractivity contribution in [2.24, 2.45) is 0 Å². The summed E-state index contributed by atoms with van der Waals surface area (Å²) in [4.78, 5) is 2.38. The van der Waals surface area contributed by atoms with Gasteiger partial charge in [0, 0.05) is 30.9 Å². The summed E-state index contributed by atoms with van der Waals surface area (Å²) in [5.74, 6) is 0.560. The van der Waals surface area contributed by atoms with Crippen LogP contribution in [-0.2, 0) is 4.74 Å². The summed E-state index contributed by atoms with van der Waals surface area (Å²) in [6.07, 6.45) is 0.990. The molecule has 1 aromatic carbocycles. The first-order valence-corrected chi connectivity index (χ1v) is 8.84. The Morgan fingerprint density at radius 1 is 1.30 bits per heavy atom. The summed E-state index contributed by atoms with van der Waals surface area (Å²) < 4.78 is 33.5. The topological polar surface area (TPSA) is 48.3 Å². The average Bonchev–Trinajstić information content (AvgIpc) is 3.05. The van der Waals surface area contributed by atoms with Crippen molar-refractivity contribution in [3.63, 3.8) is 0 Å². The molecule has 1 N–H and O–H groups in total. The molecule has 0 aliphatic carbocycles. The number of nitrogens with one attached hydrogen (secondary N) is 1. The first kappa shape index (κ1) is 16.5. The molecule has 0 bridgehead atoms. The zero-order chi connectivity index (χ0) is 16.3. The van der Waals surface area contributed by atoms with E-state index in [0.717, 1.165) is 43.1 Å². The molecule has 3 rings (SSSR count). The molecular formula is C16H19F2N3OS. The summed E-state index contributed by atoms with van der Waals surface area (Å²) in [7, 11) is 0. The van der Waals surface area contributed by atoms with Gasteiger partial charge in [0.25, 0.3) is 0 Å². The largest absolute Gasteiger partial charge is 0.379 e. The fourth-order valence-electron chi connectivity index (χ4n) is 3.19. The fraction of sp³-hybridized carbons (Fsp3) is 0.562. The van der Waals surface area contributed by atoms with Gasteiger partial charge in [-0.3, -0.25) is 4.90 Å².